The standard InChI is InChI=1S/C23H25N3O5/c1-29-19-10-14(11-20(30-2)22(19)31-3)8-9-21(27)24-15-12-18-23(28)25-16-6-4-5-7-17(16)26(18)13-15/h4-11,15,18H,12-13H2,1-3H3,(H,24,27)(H,25,28)/b9-8+. The first kappa shape index (κ1) is 20.6. The number of hydrogen-bond acceptors (Lipinski definition) is 6. The molecule has 0 spiro atoms. The van der Waals surface area contributed by atoms with Gasteiger partial charge in [-0.3, -0.25) is 9.59 Å². The molecule has 4 rings (SSSR count). The minimum absolute atomic E-state index is 0.0385. The van der Waals surface area contributed by atoms with Crippen LogP contribution in [0.25, 0.3) is 6.08 Å². The number of carbonyl (C=O) groups is 2. The highest BCUT2D eigenvalue weighted by atomic mass is 16.5. The van der Waals surface area contributed by atoms with Crippen LogP contribution in [-0.4, -0.2) is 51.8 Å². The van der Waals surface area contributed by atoms with Crippen molar-refractivity contribution in [2.45, 2.75) is 18.5 Å². The molecular formula is C23H25N3O5. The average Bonchev–Trinajstić information content (AvgIpc) is 3.21. The highest BCUT2D eigenvalue weighted by molar-refractivity contribution is 6.04. The largest absolute Gasteiger partial charge is 0.493 e. The van der Waals surface area contributed by atoms with Crippen LogP contribution in [0, 0.1) is 0 Å². The molecule has 0 aliphatic carbocycles. The van der Waals surface area contributed by atoms with Crippen LogP contribution in [0.3, 0.4) is 0 Å². The summed E-state index contributed by atoms with van der Waals surface area (Å²) in [6.45, 7) is 0.582. The minimum atomic E-state index is -0.278. The van der Waals surface area contributed by atoms with Crippen LogP contribution >= 0.6 is 0 Å². The zero-order valence-electron chi connectivity index (χ0n) is 17.7. The molecule has 2 aromatic rings. The summed E-state index contributed by atoms with van der Waals surface area (Å²) in [4.78, 5) is 27.0. The average molecular weight is 423 g/mol. The monoisotopic (exact) mass is 423 g/mol. The van der Waals surface area contributed by atoms with Gasteiger partial charge in [0.2, 0.25) is 17.6 Å². The molecule has 2 atom stereocenters. The summed E-state index contributed by atoms with van der Waals surface area (Å²) in [7, 11) is 4.62. The number of amides is 2. The second-order valence-electron chi connectivity index (χ2n) is 7.41. The molecule has 1 saturated heterocycles. The molecule has 0 saturated carbocycles. The van der Waals surface area contributed by atoms with Gasteiger partial charge >= 0.3 is 0 Å². The van der Waals surface area contributed by atoms with E-state index in [0.29, 0.717) is 30.2 Å². The maximum atomic E-state index is 12.5. The lowest BCUT2D eigenvalue weighted by Crippen LogP contribution is -2.43. The maximum absolute atomic E-state index is 12.5. The third kappa shape index (κ3) is 4.01. The Hall–Kier alpha value is -3.68. The van der Waals surface area contributed by atoms with E-state index in [1.165, 1.54) is 13.2 Å². The van der Waals surface area contributed by atoms with Gasteiger partial charge in [-0.25, -0.2) is 0 Å². The number of benzene rings is 2. The van der Waals surface area contributed by atoms with E-state index in [1.807, 2.05) is 24.3 Å². The van der Waals surface area contributed by atoms with E-state index in [0.717, 1.165) is 16.9 Å². The predicted molar refractivity (Wildman–Crippen MR) is 118 cm³/mol. The summed E-state index contributed by atoms with van der Waals surface area (Å²) < 4.78 is 16.0. The number of rotatable bonds is 6. The topological polar surface area (TPSA) is 89.1 Å². The summed E-state index contributed by atoms with van der Waals surface area (Å²) in [6, 6.07) is 10.8. The van der Waals surface area contributed by atoms with Gasteiger partial charge in [-0.2, -0.15) is 0 Å². The lowest BCUT2D eigenvalue weighted by atomic mass is 10.1. The third-order valence-corrected chi connectivity index (χ3v) is 5.54. The van der Waals surface area contributed by atoms with Gasteiger partial charge in [-0.1, -0.05) is 12.1 Å². The molecule has 1 fully saturated rings. The highest BCUT2D eigenvalue weighted by Crippen LogP contribution is 2.39. The van der Waals surface area contributed by atoms with Crippen molar-refractivity contribution >= 4 is 29.3 Å². The number of para-hydroxylation sites is 2. The number of fused-ring (bicyclic) bond motifs is 3. The quantitative estimate of drug-likeness (QED) is 0.694. The Balaban J connectivity index is 1.44. The zero-order chi connectivity index (χ0) is 22.0. The van der Waals surface area contributed by atoms with Crippen LogP contribution in [0.15, 0.2) is 42.5 Å². The van der Waals surface area contributed by atoms with Crippen molar-refractivity contribution in [2.75, 3.05) is 38.1 Å². The van der Waals surface area contributed by atoms with Crippen LogP contribution in [0.1, 0.15) is 12.0 Å². The van der Waals surface area contributed by atoms with Crippen molar-refractivity contribution < 1.29 is 23.8 Å². The molecule has 162 valence electrons. The Labute approximate surface area is 180 Å². The number of nitrogens with one attached hydrogen (secondary N) is 2. The van der Waals surface area contributed by atoms with Gasteiger partial charge in [0, 0.05) is 18.7 Å². The lowest BCUT2D eigenvalue weighted by Gasteiger charge is -2.32. The van der Waals surface area contributed by atoms with Crippen molar-refractivity contribution in [2.24, 2.45) is 0 Å². The van der Waals surface area contributed by atoms with Crippen molar-refractivity contribution in [3.63, 3.8) is 0 Å². The first-order chi connectivity index (χ1) is 15.0. The number of nitrogens with zero attached hydrogens (tertiary/aromatic N) is 1. The molecule has 0 aromatic heterocycles. The molecule has 2 aliphatic rings. The molecule has 2 unspecified atom stereocenters. The Morgan fingerprint density at radius 3 is 2.52 bits per heavy atom. The Bertz CT molecular complexity index is 1010. The van der Waals surface area contributed by atoms with E-state index in [2.05, 4.69) is 15.5 Å². The van der Waals surface area contributed by atoms with Crippen LogP contribution in [0.2, 0.25) is 0 Å². The first-order valence-electron chi connectivity index (χ1n) is 9.99. The lowest BCUT2D eigenvalue weighted by molar-refractivity contribution is -0.118. The van der Waals surface area contributed by atoms with Crippen molar-refractivity contribution in [3.8, 4) is 17.2 Å². The number of carbonyl (C=O) groups excluding carboxylic acids is 2. The Morgan fingerprint density at radius 1 is 1.13 bits per heavy atom. The number of ether oxygens (including phenoxy) is 3. The van der Waals surface area contributed by atoms with E-state index in [4.69, 9.17) is 14.2 Å². The molecule has 31 heavy (non-hydrogen) atoms. The van der Waals surface area contributed by atoms with Gasteiger partial charge in [0.05, 0.1) is 32.7 Å². The van der Waals surface area contributed by atoms with Gasteiger partial charge in [-0.05, 0) is 42.3 Å². The van der Waals surface area contributed by atoms with Crippen LogP contribution < -0.4 is 29.7 Å². The molecule has 8 nitrogen and oxygen atoms in total. The van der Waals surface area contributed by atoms with Gasteiger partial charge in [0.15, 0.2) is 11.5 Å². The number of hydrogen-bond donors (Lipinski definition) is 2. The van der Waals surface area contributed by atoms with Gasteiger partial charge in [-0.15, -0.1) is 0 Å². The summed E-state index contributed by atoms with van der Waals surface area (Å²) >= 11 is 0. The Kier molecular flexibility index (Phi) is 5.70. The molecule has 2 aliphatic heterocycles. The fourth-order valence-electron chi connectivity index (χ4n) is 4.12. The minimum Gasteiger partial charge on any atom is -0.493 e. The molecule has 2 heterocycles. The smallest absolute Gasteiger partial charge is 0.247 e. The van der Waals surface area contributed by atoms with E-state index in [-0.39, 0.29) is 23.9 Å². The second kappa shape index (κ2) is 8.59. The second-order valence-corrected chi connectivity index (χ2v) is 7.41. The van der Waals surface area contributed by atoms with Gasteiger partial charge in [0.1, 0.15) is 6.04 Å². The summed E-state index contributed by atoms with van der Waals surface area (Å²) in [5, 5.41) is 5.94. The normalized spacial score (nSPS) is 19.5. The number of anilines is 2. The third-order valence-electron chi connectivity index (χ3n) is 5.54. The fraction of sp³-hybridized carbons (Fsp3) is 0.304. The molecule has 0 radical (unpaired) electrons. The van der Waals surface area contributed by atoms with E-state index in [9.17, 15) is 9.59 Å². The van der Waals surface area contributed by atoms with Crippen molar-refractivity contribution in [1.82, 2.24) is 5.32 Å². The summed E-state index contributed by atoms with van der Waals surface area (Å²) in [5.41, 5.74) is 2.52. The van der Waals surface area contributed by atoms with Gasteiger partial charge in [0.25, 0.3) is 0 Å². The Morgan fingerprint density at radius 2 is 1.84 bits per heavy atom. The summed E-state index contributed by atoms with van der Waals surface area (Å²) in [5.74, 6) is 1.25. The molecule has 0 bridgehead atoms. The van der Waals surface area contributed by atoms with Gasteiger partial charge < -0.3 is 29.7 Å². The molecular weight excluding hydrogens is 398 g/mol. The van der Waals surface area contributed by atoms with Crippen LogP contribution in [0.5, 0.6) is 17.2 Å². The van der Waals surface area contributed by atoms with E-state index >= 15 is 0 Å². The summed E-state index contributed by atoms with van der Waals surface area (Å²) in [6.07, 6.45) is 3.71. The van der Waals surface area contributed by atoms with Crippen molar-refractivity contribution in [1.29, 1.82) is 0 Å². The molecule has 2 amide bonds. The predicted octanol–water partition coefficient (Wildman–Crippen LogP) is 2.44. The number of methoxy groups -OCH3 is 3. The highest BCUT2D eigenvalue weighted by Gasteiger charge is 2.41. The molecule has 2 N–H and O–H groups in total. The fourth-order valence-corrected chi connectivity index (χ4v) is 4.12. The zero-order valence-corrected chi connectivity index (χ0v) is 17.7. The van der Waals surface area contributed by atoms with Crippen molar-refractivity contribution in [3.05, 3.63) is 48.0 Å². The molecule has 2 aromatic carbocycles. The van der Waals surface area contributed by atoms with Crippen LogP contribution in [-0.2, 0) is 9.59 Å². The van der Waals surface area contributed by atoms with E-state index < -0.39 is 0 Å². The first-order valence-corrected chi connectivity index (χ1v) is 9.99. The van der Waals surface area contributed by atoms with E-state index in [1.54, 1.807) is 32.4 Å². The SMILES string of the molecule is COc1cc(/C=C/C(=O)NC2CC3C(=O)Nc4ccccc4N3C2)cc(OC)c1OC. The van der Waals surface area contributed by atoms with Crippen LogP contribution in [0.4, 0.5) is 11.4 Å². The maximum Gasteiger partial charge on any atom is 0.247 e. The molecule has 8 heteroatoms.